The maximum atomic E-state index is 10.7. The minimum Gasteiger partial charge on any atom is -0.394 e. The summed E-state index contributed by atoms with van der Waals surface area (Å²) in [6.45, 7) is 2.40. The van der Waals surface area contributed by atoms with E-state index in [0.29, 0.717) is 30.9 Å². The van der Waals surface area contributed by atoms with E-state index in [1.54, 1.807) is 0 Å². The van der Waals surface area contributed by atoms with E-state index < -0.39 is 11.9 Å². The molecule has 0 saturated carbocycles. The fourth-order valence-electron chi connectivity index (χ4n) is 4.12. The highest BCUT2D eigenvalue weighted by molar-refractivity contribution is 6.31. The number of ether oxygens (including phenoxy) is 2. The van der Waals surface area contributed by atoms with Crippen LogP contribution in [0.5, 0.6) is 0 Å². The Bertz CT molecular complexity index is 820. The molecule has 0 aliphatic carbocycles. The second kappa shape index (κ2) is 7.53. The lowest BCUT2D eigenvalue weighted by Crippen LogP contribution is -2.49. The Morgan fingerprint density at radius 3 is 2.56 bits per heavy atom. The quantitative estimate of drug-likeness (QED) is 0.838. The van der Waals surface area contributed by atoms with E-state index in [1.807, 2.05) is 12.1 Å². The van der Waals surface area contributed by atoms with Crippen molar-refractivity contribution in [2.45, 2.75) is 57.2 Å². The van der Waals surface area contributed by atoms with Crippen LogP contribution >= 0.6 is 11.6 Å². The Balaban J connectivity index is 1.70. The fourth-order valence-corrected chi connectivity index (χ4v) is 4.37. The third kappa shape index (κ3) is 3.30. The Morgan fingerprint density at radius 2 is 1.85 bits per heavy atom. The molecule has 0 amide bonds. The van der Waals surface area contributed by atoms with Gasteiger partial charge in [0.15, 0.2) is 0 Å². The monoisotopic (exact) mass is 388 g/mol. The van der Waals surface area contributed by atoms with E-state index in [2.05, 4.69) is 31.2 Å². The summed E-state index contributed by atoms with van der Waals surface area (Å²) in [6.07, 6.45) is 1.76. The van der Waals surface area contributed by atoms with Gasteiger partial charge in [-0.1, -0.05) is 48.9 Å². The topological polar surface area (TPSA) is 58.9 Å². The standard InChI is InChI=1S/C22H25ClO4/c1-2-14-3-5-15(6-4-14)11-17-18-13-26-22(19(18)8-9-20(17)23)21(25)10-7-16(12-24)27-22/h3-6,8-9,16,21,24-25H,2,7,10-13H2,1H3. The maximum absolute atomic E-state index is 10.7. The van der Waals surface area contributed by atoms with Crippen LogP contribution in [0.25, 0.3) is 0 Å². The van der Waals surface area contributed by atoms with Crippen molar-refractivity contribution in [3.8, 4) is 0 Å². The van der Waals surface area contributed by atoms with E-state index in [0.717, 1.165) is 23.1 Å². The van der Waals surface area contributed by atoms with Gasteiger partial charge in [-0.3, -0.25) is 0 Å². The number of benzene rings is 2. The number of aliphatic hydroxyl groups excluding tert-OH is 2. The molecule has 144 valence electrons. The summed E-state index contributed by atoms with van der Waals surface area (Å²) in [6, 6.07) is 12.3. The number of hydrogen-bond acceptors (Lipinski definition) is 4. The SMILES string of the molecule is CCc1ccc(Cc2c(Cl)ccc3c2COC32OC(CO)CCC2O)cc1. The van der Waals surface area contributed by atoms with E-state index in [9.17, 15) is 10.2 Å². The van der Waals surface area contributed by atoms with Crippen molar-refractivity contribution in [2.24, 2.45) is 0 Å². The van der Waals surface area contributed by atoms with Gasteiger partial charge in [-0.05, 0) is 54.0 Å². The summed E-state index contributed by atoms with van der Waals surface area (Å²) in [5.74, 6) is -1.20. The summed E-state index contributed by atoms with van der Waals surface area (Å²) < 4.78 is 12.1. The van der Waals surface area contributed by atoms with Gasteiger partial charge in [0.05, 0.1) is 19.3 Å². The van der Waals surface area contributed by atoms with Crippen molar-refractivity contribution < 1.29 is 19.7 Å². The molecule has 2 heterocycles. The molecule has 4 rings (SSSR count). The second-order valence-corrected chi connectivity index (χ2v) is 7.78. The largest absolute Gasteiger partial charge is 0.394 e. The van der Waals surface area contributed by atoms with Crippen molar-refractivity contribution in [3.63, 3.8) is 0 Å². The van der Waals surface area contributed by atoms with E-state index >= 15 is 0 Å². The fraction of sp³-hybridized carbons (Fsp3) is 0.455. The maximum Gasteiger partial charge on any atom is 0.222 e. The highest BCUT2D eigenvalue weighted by atomic mass is 35.5. The molecule has 1 saturated heterocycles. The number of aliphatic hydroxyl groups is 2. The molecule has 2 N–H and O–H groups in total. The normalized spacial score (nSPS) is 27.1. The highest BCUT2D eigenvalue weighted by Gasteiger charge is 2.52. The van der Waals surface area contributed by atoms with Crippen LogP contribution in [0.15, 0.2) is 36.4 Å². The van der Waals surface area contributed by atoms with E-state index in [-0.39, 0.29) is 12.7 Å². The predicted molar refractivity (Wildman–Crippen MR) is 104 cm³/mol. The summed E-state index contributed by atoms with van der Waals surface area (Å²) in [4.78, 5) is 0. The van der Waals surface area contributed by atoms with Crippen LogP contribution in [-0.2, 0) is 34.7 Å². The zero-order valence-electron chi connectivity index (χ0n) is 15.5. The van der Waals surface area contributed by atoms with Crippen molar-refractivity contribution in [1.82, 2.24) is 0 Å². The van der Waals surface area contributed by atoms with Crippen LogP contribution in [0, 0.1) is 0 Å². The first-order valence-electron chi connectivity index (χ1n) is 9.56. The van der Waals surface area contributed by atoms with Crippen LogP contribution in [-0.4, -0.2) is 29.0 Å². The van der Waals surface area contributed by atoms with Gasteiger partial charge in [0.1, 0.15) is 6.10 Å². The van der Waals surface area contributed by atoms with Crippen LogP contribution in [0.3, 0.4) is 0 Å². The zero-order chi connectivity index (χ0) is 19.0. The molecule has 0 radical (unpaired) electrons. The summed E-state index contributed by atoms with van der Waals surface area (Å²) >= 11 is 6.54. The number of halogens is 1. The van der Waals surface area contributed by atoms with Gasteiger partial charge in [0.2, 0.25) is 5.79 Å². The van der Waals surface area contributed by atoms with Crippen LogP contribution in [0.1, 0.15) is 47.6 Å². The minimum atomic E-state index is -1.20. The Morgan fingerprint density at radius 1 is 1.11 bits per heavy atom. The Kier molecular flexibility index (Phi) is 5.28. The first-order chi connectivity index (χ1) is 13.1. The molecule has 1 fully saturated rings. The molecule has 5 heteroatoms. The molecule has 27 heavy (non-hydrogen) atoms. The molecule has 0 bridgehead atoms. The van der Waals surface area contributed by atoms with Gasteiger partial charge >= 0.3 is 0 Å². The lowest BCUT2D eigenvalue weighted by atomic mass is 9.88. The molecular formula is C22H25ClO4. The number of fused-ring (bicyclic) bond motifs is 2. The van der Waals surface area contributed by atoms with E-state index in [4.69, 9.17) is 21.1 Å². The van der Waals surface area contributed by atoms with Crippen molar-refractivity contribution >= 4 is 11.6 Å². The predicted octanol–water partition coefficient (Wildman–Crippen LogP) is 3.71. The van der Waals surface area contributed by atoms with Gasteiger partial charge in [-0.15, -0.1) is 0 Å². The van der Waals surface area contributed by atoms with E-state index in [1.165, 1.54) is 11.1 Å². The molecule has 3 unspecified atom stereocenters. The smallest absolute Gasteiger partial charge is 0.222 e. The van der Waals surface area contributed by atoms with Crippen molar-refractivity contribution in [1.29, 1.82) is 0 Å². The van der Waals surface area contributed by atoms with Crippen LogP contribution in [0.4, 0.5) is 0 Å². The number of rotatable bonds is 4. The number of hydrogen-bond donors (Lipinski definition) is 2. The second-order valence-electron chi connectivity index (χ2n) is 7.37. The van der Waals surface area contributed by atoms with Crippen molar-refractivity contribution in [3.05, 3.63) is 69.2 Å². The number of aryl methyl sites for hydroxylation is 1. The van der Waals surface area contributed by atoms with Crippen LogP contribution in [0.2, 0.25) is 5.02 Å². The minimum absolute atomic E-state index is 0.0859. The molecule has 0 aromatic heterocycles. The summed E-state index contributed by atoms with van der Waals surface area (Å²) in [5, 5.41) is 20.9. The third-order valence-electron chi connectivity index (χ3n) is 5.74. The van der Waals surface area contributed by atoms with Gasteiger partial charge in [0.25, 0.3) is 0 Å². The average molecular weight is 389 g/mol. The Hall–Kier alpha value is -1.43. The molecule has 2 aliphatic heterocycles. The molecule has 2 aromatic rings. The Labute approximate surface area is 164 Å². The molecular weight excluding hydrogens is 364 g/mol. The summed E-state index contributed by atoms with van der Waals surface area (Å²) in [5.41, 5.74) is 5.32. The lowest BCUT2D eigenvalue weighted by Gasteiger charge is -2.41. The van der Waals surface area contributed by atoms with Gasteiger partial charge in [0, 0.05) is 10.6 Å². The first kappa shape index (κ1) is 18.9. The highest BCUT2D eigenvalue weighted by Crippen LogP contribution is 2.47. The molecule has 2 aromatic carbocycles. The average Bonchev–Trinajstić information content (AvgIpc) is 3.06. The summed E-state index contributed by atoms with van der Waals surface area (Å²) in [7, 11) is 0. The molecule has 4 nitrogen and oxygen atoms in total. The first-order valence-corrected chi connectivity index (χ1v) is 9.94. The van der Waals surface area contributed by atoms with Gasteiger partial charge in [-0.2, -0.15) is 0 Å². The zero-order valence-corrected chi connectivity index (χ0v) is 16.2. The molecule has 2 aliphatic rings. The third-order valence-corrected chi connectivity index (χ3v) is 6.09. The lowest BCUT2D eigenvalue weighted by molar-refractivity contribution is -0.328. The van der Waals surface area contributed by atoms with Crippen LogP contribution < -0.4 is 0 Å². The van der Waals surface area contributed by atoms with Gasteiger partial charge in [-0.25, -0.2) is 0 Å². The molecule has 1 spiro atoms. The van der Waals surface area contributed by atoms with Gasteiger partial charge < -0.3 is 19.7 Å². The van der Waals surface area contributed by atoms with Crippen molar-refractivity contribution in [2.75, 3.05) is 6.61 Å². The molecule has 3 atom stereocenters.